The van der Waals surface area contributed by atoms with Gasteiger partial charge in [-0.1, -0.05) is 26.0 Å². The Balaban J connectivity index is 1.78. The molecule has 184 valence electrons. The van der Waals surface area contributed by atoms with E-state index in [4.69, 9.17) is 10.1 Å². The minimum absolute atomic E-state index is 0.0393. The van der Waals surface area contributed by atoms with Crippen molar-refractivity contribution < 1.29 is 4.79 Å². The van der Waals surface area contributed by atoms with E-state index in [-0.39, 0.29) is 17.9 Å². The highest BCUT2D eigenvalue weighted by atomic mass is 32.1. The van der Waals surface area contributed by atoms with Crippen LogP contribution in [0.25, 0.3) is 21.9 Å². The van der Waals surface area contributed by atoms with Crippen LogP contribution in [-0.2, 0) is 11.2 Å². The number of fused-ring (bicyclic) bond motifs is 1. The number of rotatable bonds is 8. The van der Waals surface area contributed by atoms with Gasteiger partial charge in [0.25, 0.3) is 5.56 Å². The van der Waals surface area contributed by atoms with E-state index in [1.54, 1.807) is 4.40 Å². The van der Waals surface area contributed by atoms with Gasteiger partial charge in [-0.3, -0.25) is 14.0 Å². The van der Waals surface area contributed by atoms with Crippen LogP contribution in [0.1, 0.15) is 54.9 Å². The molecule has 0 spiro atoms. The number of carbonyl (C=O) groups excluding carboxylic acids is 1. The van der Waals surface area contributed by atoms with Crippen molar-refractivity contribution in [1.29, 1.82) is 0 Å². The average molecular weight is 492 g/mol. The first-order valence-corrected chi connectivity index (χ1v) is 13.0. The third kappa shape index (κ3) is 4.80. The highest BCUT2D eigenvalue weighted by Gasteiger charge is 2.21. The lowest BCUT2D eigenvalue weighted by molar-refractivity contribution is -0.130. The van der Waals surface area contributed by atoms with Gasteiger partial charge in [0, 0.05) is 29.9 Å². The molecule has 7 nitrogen and oxygen atoms in total. The third-order valence-corrected chi connectivity index (χ3v) is 7.10. The fraction of sp³-hybridized carbons (Fsp3) is 0.407. The molecular formula is C27H33N5O2S. The van der Waals surface area contributed by atoms with Crippen LogP contribution in [0.15, 0.2) is 34.4 Å². The van der Waals surface area contributed by atoms with E-state index in [9.17, 15) is 9.59 Å². The average Bonchev–Trinajstić information content (AvgIpc) is 3.38. The van der Waals surface area contributed by atoms with Crippen molar-refractivity contribution in [3.63, 3.8) is 0 Å². The summed E-state index contributed by atoms with van der Waals surface area (Å²) in [6.45, 7) is 13.5. The smallest absolute Gasteiger partial charge is 0.268 e. The molecule has 0 aliphatic rings. The minimum atomic E-state index is -0.181. The molecule has 0 radical (unpaired) electrons. The molecule has 4 aromatic rings. The summed E-state index contributed by atoms with van der Waals surface area (Å²) in [5.41, 5.74) is 6.39. The van der Waals surface area contributed by atoms with Crippen molar-refractivity contribution in [3.05, 3.63) is 68.2 Å². The molecule has 1 aromatic carbocycles. The van der Waals surface area contributed by atoms with Gasteiger partial charge in [0.05, 0.1) is 23.4 Å². The molecule has 0 atom stereocenters. The van der Waals surface area contributed by atoms with Gasteiger partial charge in [0.1, 0.15) is 5.69 Å². The lowest BCUT2D eigenvalue weighted by Crippen LogP contribution is -2.34. The second-order valence-corrected chi connectivity index (χ2v) is 9.99. The second-order valence-electron chi connectivity index (χ2n) is 9.15. The van der Waals surface area contributed by atoms with Crippen LogP contribution in [0.3, 0.4) is 0 Å². The Morgan fingerprint density at radius 1 is 1.06 bits per heavy atom. The van der Waals surface area contributed by atoms with Crippen LogP contribution in [0.4, 0.5) is 0 Å². The summed E-state index contributed by atoms with van der Waals surface area (Å²) in [4.78, 5) is 34.0. The molecule has 1 amide bonds. The van der Waals surface area contributed by atoms with Crippen LogP contribution in [0.2, 0.25) is 0 Å². The van der Waals surface area contributed by atoms with Crippen molar-refractivity contribution in [2.45, 2.75) is 60.8 Å². The normalized spacial score (nSPS) is 11.4. The topological polar surface area (TPSA) is 72.5 Å². The van der Waals surface area contributed by atoms with Gasteiger partial charge in [-0.15, -0.1) is 11.3 Å². The van der Waals surface area contributed by atoms with Crippen molar-refractivity contribution in [1.82, 2.24) is 24.1 Å². The molecular weight excluding hydrogens is 458 g/mol. The molecule has 4 rings (SSSR count). The van der Waals surface area contributed by atoms with Gasteiger partial charge in [0.15, 0.2) is 4.96 Å². The summed E-state index contributed by atoms with van der Waals surface area (Å²) >= 11 is 1.39. The minimum Gasteiger partial charge on any atom is -0.342 e. The van der Waals surface area contributed by atoms with Crippen LogP contribution in [0, 0.1) is 27.7 Å². The van der Waals surface area contributed by atoms with E-state index in [1.165, 1.54) is 11.3 Å². The molecule has 0 aliphatic heterocycles. The zero-order chi connectivity index (χ0) is 25.3. The standard InChI is InChI=1S/C27H33N5O2S/c1-7-11-30(12-8-2)24(33)15-21-16-35-27-28-20(6)25(26(34)31(21)27)22-14-19(5)32(29-22)23-13-17(3)9-10-18(23)4/h9-10,13-14,16H,7-8,11-12,15H2,1-6H3. The summed E-state index contributed by atoms with van der Waals surface area (Å²) in [5.74, 6) is 0.0393. The number of hydrogen-bond donors (Lipinski definition) is 0. The van der Waals surface area contributed by atoms with Gasteiger partial charge in [-0.05, 0) is 63.8 Å². The molecule has 0 saturated carbocycles. The van der Waals surface area contributed by atoms with Crippen LogP contribution in [0.5, 0.6) is 0 Å². The molecule has 0 bridgehead atoms. The molecule has 0 aliphatic carbocycles. The first-order valence-electron chi connectivity index (χ1n) is 12.2. The van der Waals surface area contributed by atoms with E-state index >= 15 is 0 Å². The molecule has 0 N–H and O–H groups in total. The SMILES string of the molecule is CCCN(CCC)C(=O)Cc1csc2nc(C)c(-c3cc(C)n(-c4cc(C)ccc4C)n3)c(=O)n12. The van der Waals surface area contributed by atoms with E-state index in [0.717, 1.165) is 48.4 Å². The number of thiazole rings is 1. The number of amides is 1. The molecule has 0 fully saturated rings. The lowest BCUT2D eigenvalue weighted by Gasteiger charge is -2.21. The quantitative estimate of drug-likeness (QED) is 0.346. The van der Waals surface area contributed by atoms with E-state index in [1.807, 2.05) is 34.9 Å². The molecule has 3 aromatic heterocycles. The summed E-state index contributed by atoms with van der Waals surface area (Å²) in [6.07, 6.45) is 1.99. The summed E-state index contributed by atoms with van der Waals surface area (Å²) in [5, 5.41) is 6.70. The van der Waals surface area contributed by atoms with E-state index < -0.39 is 0 Å². The van der Waals surface area contributed by atoms with Gasteiger partial charge in [0.2, 0.25) is 5.91 Å². The number of carbonyl (C=O) groups is 1. The number of hydrogen-bond acceptors (Lipinski definition) is 5. The summed E-state index contributed by atoms with van der Waals surface area (Å²) in [7, 11) is 0. The van der Waals surface area contributed by atoms with Gasteiger partial charge >= 0.3 is 0 Å². The van der Waals surface area contributed by atoms with Crippen molar-refractivity contribution >= 4 is 22.2 Å². The molecule has 0 saturated heterocycles. The summed E-state index contributed by atoms with van der Waals surface area (Å²) in [6, 6.07) is 8.19. The number of aromatic nitrogens is 4. The summed E-state index contributed by atoms with van der Waals surface area (Å²) < 4.78 is 3.48. The Morgan fingerprint density at radius 3 is 2.46 bits per heavy atom. The zero-order valence-electron chi connectivity index (χ0n) is 21.4. The maximum absolute atomic E-state index is 13.8. The number of nitrogens with zero attached hydrogens (tertiary/aromatic N) is 5. The second kappa shape index (κ2) is 10.2. The highest BCUT2D eigenvalue weighted by Crippen LogP contribution is 2.25. The third-order valence-electron chi connectivity index (χ3n) is 6.23. The number of aryl methyl sites for hydroxylation is 4. The van der Waals surface area contributed by atoms with Crippen molar-refractivity contribution in [2.24, 2.45) is 0 Å². The van der Waals surface area contributed by atoms with Gasteiger partial charge in [-0.25, -0.2) is 9.67 Å². The Labute approximate surface area is 210 Å². The number of benzene rings is 1. The van der Waals surface area contributed by atoms with E-state index in [0.29, 0.717) is 27.6 Å². The van der Waals surface area contributed by atoms with Crippen LogP contribution >= 0.6 is 11.3 Å². The maximum Gasteiger partial charge on any atom is 0.268 e. The lowest BCUT2D eigenvalue weighted by atomic mass is 10.1. The van der Waals surface area contributed by atoms with Gasteiger partial charge < -0.3 is 4.90 Å². The van der Waals surface area contributed by atoms with Crippen molar-refractivity contribution in [2.75, 3.05) is 13.1 Å². The van der Waals surface area contributed by atoms with Gasteiger partial charge in [-0.2, -0.15) is 5.10 Å². The Bertz CT molecular complexity index is 1440. The molecule has 0 unspecified atom stereocenters. The van der Waals surface area contributed by atoms with Crippen LogP contribution in [-0.4, -0.2) is 43.1 Å². The molecule has 8 heteroatoms. The van der Waals surface area contributed by atoms with E-state index in [2.05, 4.69) is 45.9 Å². The first-order chi connectivity index (χ1) is 16.7. The first kappa shape index (κ1) is 24.9. The molecule has 35 heavy (non-hydrogen) atoms. The highest BCUT2D eigenvalue weighted by molar-refractivity contribution is 7.15. The predicted molar refractivity (Wildman–Crippen MR) is 142 cm³/mol. The Hall–Kier alpha value is -3.26. The largest absolute Gasteiger partial charge is 0.342 e. The fourth-order valence-corrected chi connectivity index (χ4v) is 5.41. The Morgan fingerprint density at radius 2 is 1.77 bits per heavy atom. The maximum atomic E-state index is 13.8. The predicted octanol–water partition coefficient (Wildman–Crippen LogP) is 5.03. The molecule has 3 heterocycles. The van der Waals surface area contributed by atoms with Crippen molar-refractivity contribution in [3.8, 4) is 16.9 Å². The van der Waals surface area contributed by atoms with Crippen LogP contribution < -0.4 is 5.56 Å². The zero-order valence-corrected chi connectivity index (χ0v) is 22.2. The fourth-order valence-electron chi connectivity index (χ4n) is 4.48. The monoisotopic (exact) mass is 491 g/mol. The Kier molecular flexibility index (Phi) is 7.21.